The molecule has 0 saturated carbocycles. The molecule has 0 N–H and O–H groups in total. The van der Waals surface area contributed by atoms with E-state index < -0.39 is 71.6 Å². The van der Waals surface area contributed by atoms with Crippen molar-refractivity contribution in [2.24, 2.45) is 0 Å². The SMILES string of the molecule is CN(C)c1c2c(C(F)(F)F)nc(C(F)(F)F)nc2nn1-c1c(Cl)cc(S(F)(F)(F)(F)F)cc1Cl. The fourth-order valence-electron chi connectivity index (χ4n) is 2.84. The molecule has 3 aromatic rings. The van der Waals surface area contributed by atoms with Crippen LogP contribution in [0.1, 0.15) is 11.5 Å². The number of anilines is 1. The molecule has 0 spiro atoms. The van der Waals surface area contributed by atoms with E-state index in [0.29, 0.717) is 4.68 Å². The van der Waals surface area contributed by atoms with E-state index in [1.54, 1.807) is 0 Å². The van der Waals surface area contributed by atoms with Crippen molar-refractivity contribution in [3.63, 3.8) is 0 Å². The minimum Gasteiger partial charge on any atom is -0.362 e. The number of alkyl halides is 6. The average Bonchev–Trinajstić information content (AvgIpc) is 2.95. The lowest BCUT2D eigenvalue weighted by molar-refractivity contribution is -0.151. The van der Waals surface area contributed by atoms with Crippen molar-refractivity contribution in [3.8, 4) is 5.69 Å². The predicted octanol–water partition coefficient (Wildman–Crippen LogP) is 7.88. The lowest BCUT2D eigenvalue weighted by Crippen LogP contribution is -2.19. The Labute approximate surface area is 191 Å². The topological polar surface area (TPSA) is 46.8 Å². The Hall–Kier alpha value is -2.27. The number of aromatic nitrogens is 4. The number of rotatable bonds is 3. The van der Waals surface area contributed by atoms with Gasteiger partial charge in [0.25, 0.3) is 0 Å². The maximum Gasteiger partial charge on any atom is 0.451 e. The van der Waals surface area contributed by atoms with Crippen molar-refractivity contribution < 1.29 is 45.8 Å². The minimum absolute atomic E-state index is 0.229. The normalized spacial score (nSPS) is 15.4. The van der Waals surface area contributed by atoms with E-state index in [9.17, 15) is 45.8 Å². The van der Waals surface area contributed by atoms with Crippen molar-refractivity contribution >= 4 is 50.3 Å². The smallest absolute Gasteiger partial charge is 0.362 e. The molecule has 5 nitrogen and oxygen atoms in total. The van der Waals surface area contributed by atoms with Gasteiger partial charge in [-0.15, -0.1) is 5.10 Å². The quantitative estimate of drug-likeness (QED) is 0.301. The van der Waals surface area contributed by atoms with Crippen LogP contribution in [0.3, 0.4) is 0 Å². The summed E-state index contributed by atoms with van der Waals surface area (Å²) in [5, 5.41) is 0.152. The van der Waals surface area contributed by atoms with Crippen molar-refractivity contribution in [2.45, 2.75) is 17.2 Å². The number of halogens is 13. The lowest BCUT2D eigenvalue weighted by Gasteiger charge is -2.40. The summed E-state index contributed by atoms with van der Waals surface area (Å²) >= 11 is 11.4. The van der Waals surface area contributed by atoms with Crippen LogP contribution in [0.15, 0.2) is 17.0 Å². The summed E-state index contributed by atoms with van der Waals surface area (Å²) in [5.74, 6) is -2.89. The minimum atomic E-state index is -10.3. The average molecular weight is 570 g/mol. The molecule has 0 saturated heterocycles. The maximum atomic E-state index is 13.6. The Kier molecular flexibility index (Phi) is 5.35. The molecule has 0 amide bonds. The second-order valence-electron chi connectivity index (χ2n) is 6.92. The highest BCUT2D eigenvalue weighted by Crippen LogP contribution is 3.02. The van der Waals surface area contributed by atoms with E-state index in [0.717, 1.165) is 19.0 Å². The van der Waals surface area contributed by atoms with Crippen LogP contribution in [0.25, 0.3) is 16.7 Å². The van der Waals surface area contributed by atoms with Crippen LogP contribution in [0.5, 0.6) is 0 Å². The van der Waals surface area contributed by atoms with Gasteiger partial charge in [-0.2, -0.15) is 26.3 Å². The highest BCUT2D eigenvalue weighted by Gasteiger charge is 2.65. The van der Waals surface area contributed by atoms with Crippen LogP contribution < -0.4 is 4.90 Å². The van der Waals surface area contributed by atoms with Crippen molar-refractivity contribution in [3.05, 3.63) is 33.7 Å². The van der Waals surface area contributed by atoms with Gasteiger partial charge in [0.1, 0.15) is 16.4 Å². The summed E-state index contributed by atoms with van der Waals surface area (Å²) in [5.41, 5.74) is -4.05. The van der Waals surface area contributed by atoms with E-state index in [-0.39, 0.29) is 12.1 Å². The molecule has 190 valence electrons. The Morgan fingerprint density at radius 2 is 1.35 bits per heavy atom. The Morgan fingerprint density at radius 3 is 1.74 bits per heavy atom. The molecule has 0 bridgehead atoms. The zero-order valence-corrected chi connectivity index (χ0v) is 18.5. The van der Waals surface area contributed by atoms with E-state index in [1.165, 1.54) is 0 Å². The standard InChI is InChI=1S/C15H8Cl2F11N5S/c1-32(2)12-8-10(14(18,19)20)29-13(15(21,22)23)30-11(8)31-33(12)9-6(16)3-5(4-7(9)17)34(24,25,26,27)28/h3-4H,1-2H3. The second-order valence-corrected chi connectivity index (χ2v) is 10.1. The van der Waals surface area contributed by atoms with Gasteiger partial charge in [0, 0.05) is 14.1 Å². The fraction of sp³-hybridized carbons (Fsp3) is 0.267. The highest BCUT2D eigenvalue weighted by molar-refractivity contribution is 8.45. The number of hydrogen-bond donors (Lipinski definition) is 0. The van der Waals surface area contributed by atoms with Gasteiger partial charge in [-0.05, 0) is 12.1 Å². The van der Waals surface area contributed by atoms with Crippen LogP contribution in [0.4, 0.5) is 51.6 Å². The molecule has 0 radical (unpaired) electrons. The van der Waals surface area contributed by atoms with Crippen molar-refractivity contribution in [1.82, 2.24) is 19.7 Å². The molecule has 0 unspecified atom stereocenters. The summed E-state index contributed by atoms with van der Waals surface area (Å²) in [7, 11) is -8.06. The van der Waals surface area contributed by atoms with E-state index in [2.05, 4.69) is 15.1 Å². The lowest BCUT2D eigenvalue weighted by atomic mass is 10.2. The molecule has 2 aromatic heterocycles. The first kappa shape index (κ1) is 26.3. The molecule has 2 heterocycles. The van der Waals surface area contributed by atoms with Gasteiger partial charge in [0.2, 0.25) is 5.82 Å². The van der Waals surface area contributed by atoms with Gasteiger partial charge in [0.15, 0.2) is 11.3 Å². The Bertz CT molecular complexity index is 1290. The summed E-state index contributed by atoms with van der Waals surface area (Å²) in [4.78, 5) is 3.90. The number of hydrogen-bond acceptors (Lipinski definition) is 4. The van der Waals surface area contributed by atoms with Crippen LogP contribution in [-0.2, 0) is 12.4 Å². The van der Waals surface area contributed by atoms with Gasteiger partial charge in [-0.25, -0.2) is 14.6 Å². The largest absolute Gasteiger partial charge is 0.451 e. The van der Waals surface area contributed by atoms with E-state index in [1.807, 2.05) is 0 Å². The van der Waals surface area contributed by atoms with Crippen molar-refractivity contribution in [1.29, 1.82) is 0 Å². The van der Waals surface area contributed by atoms with Gasteiger partial charge in [-0.1, -0.05) is 42.6 Å². The Balaban J connectivity index is 2.48. The molecule has 0 atom stereocenters. The number of fused-ring (bicyclic) bond motifs is 1. The molecular weight excluding hydrogens is 562 g/mol. The van der Waals surface area contributed by atoms with Gasteiger partial charge in [0.05, 0.1) is 15.4 Å². The third kappa shape index (κ3) is 4.77. The monoisotopic (exact) mass is 569 g/mol. The van der Waals surface area contributed by atoms with Gasteiger partial charge >= 0.3 is 22.6 Å². The van der Waals surface area contributed by atoms with E-state index >= 15 is 0 Å². The molecular formula is C15H8Cl2F11N5S. The fourth-order valence-corrected chi connectivity index (χ4v) is 4.30. The molecule has 1 aromatic carbocycles. The first-order valence-corrected chi connectivity index (χ1v) is 11.0. The first-order chi connectivity index (χ1) is 14.9. The third-order valence-electron chi connectivity index (χ3n) is 4.10. The van der Waals surface area contributed by atoms with Gasteiger partial charge < -0.3 is 4.90 Å². The molecule has 34 heavy (non-hydrogen) atoms. The maximum absolute atomic E-state index is 13.6. The van der Waals surface area contributed by atoms with E-state index in [4.69, 9.17) is 23.2 Å². The van der Waals surface area contributed by atoms with Crippen LogP contribution in [0, 0.1) is 0 Å². The molecule has 0 aliphatic rings. The summed E-state index contributed by atoms with van der Waals surface area (Å²) in [6, 6.07) is -0.457. The van der Waals surface area contributed by atoms with Crippen LogP contribution in [0.2, 0.25) is 10.0 Å². The van der Waals surface area contributed by atoms with Crippen molar-refractivity contribution in [2.75, 3.05) is 19.0 Å². The zero-order valence-electron chi connectivity index (χ0n) is 16.2. The van der Waals surface area contributed by atoms with Crippen LogP contribution >= 0.6 is 33.4 Å². The first-order valence-electron chi connectivity index (χ1n) is 8.28. The van der Waals surface area contributed by atoms with Crippen LogP contribution in [-0.4, -0.2) is 33.8 Å². The molecule has 0 fully saturated rings. The molecule has 0 aliphatic carbocycles. The molecule has 0 aliphatic heterocycles. The molecule has 3 rings (SSSR count). The predicted molar refractivity (Wildman–Crippen MR) is 102 cm³/mol. The van der Waals surface area contributed by atoms with Gasteiger partial charge in [-0.3, -0.25) is 0 Å². The number of benzene rings is 1. The summed E-state index contributed by atoms with van der Waals surface area (Å²) in [6.07, 6.45) is -10.9. The zero-order chi connectivity index (χ0) is 26.3. The summed E-state index contributed by atoms with van der Waals surface area (Å²) in [6.45, 7) is 0. The summed E-state index contributed by atoms with van der Waals surface area (Å²) < 4.78 is 146. The third-order valence-corrected chi connectivity index (χ3v) is 5.80. The molecule has 19 heteroatoms. The number of nitrogens with zero attached hydrogens (tertiary/aromatic N) is 5. The highest BCUT2D eigenvalue weighted by atomic mass is 35.5. The Morgan fingerprint density at radius 1 is 0.853 bits per heavy atom. The second kappa shape index (κ2) is 6.90.